The smallest absolute Gasteiger partial charge is 0.357 e. The third-order valence-electron chi connectivity index (χ3n) is 5.62. The maximum Gasteiger partial charge on any atom is 0.417 e. The molecule has 0 spiro atoms. The number of benzene rings is 1. The zero-order valence-corrected chi connectivity index (χ0v) is 16.7. The molecule has 156 valence electrons. The Kier molecular flexibility index (Phi) is 6.45. The Hall–Kier alpha value is -2.57. The number of anilines is 2. The van der Waals surface area contributed by atoms with E-state index in [1.807, 2.05) is 29.2 Å². The van der Waals surface area contributed by atoms with Crippen molar-refractivity contribution in [1.82, 2.24) is 4.98 Å². The molecule has 1 aromatic heterocycles. The fourth-order valence-corrected chi connectivity index (χ4v) is 3.49. The number of rotatable bonds is 5. The third-order valence-corrected chi connectivity index (χ3v) is 5.62. The maximum atomic E-state index is 12.7. The van der Waals surface area contributed by atoms with Crippen LogP contribution in [0.25, 0.3) is 0 Å². The average molecular weight is 405 g/mol. The number of aromatic nitrogens is 1. The summed E-state index contributed by atoms with van der Waals surface area (Å²) in [6.45, 7) is 5.49. The summed E-state index contributed by atoms with van der Waals surface area (Å²) < 4.78 is 38.0. The first-order valence-electron chi connectivity index (χ1n) is 9.97. The van der Waals surface area contributed by atoms with Crippen molar-refractivity contribution in [3.63, 3.8) is 0 Å². The predicted molar refractivity (Wildman–Crippen MR) is 108 cm³/mol. The SMILES string of the molecule is CC[C@@H](C)c1ccc(NC(=O)C2CCN(c3ccc(C(F)(F)F)cn3)CC2)cc1. The summed E-state index contributed by atoms with van der Waals surface area (Å²) in [4.78, 5) is 18.4. The highest BCUT2D eigenvalue weighted by Crippen LogP contribution is 2.30. The summed E-state index contributed by atoms with van der Waals surface area (Å²) in [5.74, 6) is 0.872. The number of hydrogen-bond donors (Lipinski definition) is 1. The number of nitrogens with zero attached hydrogens (tertiary/aromatic N) is 2. The van der Waals surface area contributed by atoms with Crippen molar-refractivity contribution in [3.8, 4) is 0 Å². The Labute approximate surface area is 169 Å². The van der Waals surface area contributed by atoms with Crippen molar-refractivity contribution in [2.45, 2.75) is 45.2 Å². The lowest BCUT2D eigenvalue weighted by atomic mass is 9.95. The standard InChI is InChI=1S/C22H26F3N3O/c1-3-15(2)16-4-7-19(8-5-16)27-21(29)17-10-12-28(13-11-17)20-9-6-18(14-26-20)22(23,24)25/h4-9,14-15,17H,3,10-13H2,1-2H3,(H,27,29)/t15-/m1/s1. The van der Waals surface area contributed by atoms with Gasteiger partial charge in [-0.15, -0.1) is 0 Å². The van der Waals surface area contributed by atoms with Gasteiger partial charge in [0.1, 0.15) is 5.82 Å². The van der Waals surface area contributed by atoms with Crippen LogP contribution < -0.4 is 10.2 Å². The van der Waals surface area contributed by atoms with E-state index in [2.05, 4.69) is 24.1 Å². The zero-order valence-electron chi connectivity index (χ0n) is 16.7. The number of hydrogen-bond acceptors (Lipinski definition) is 3. The Morgan fingerprint density at radius 3 is 2.34 bits per heavy atom. The maximum absolute atomic E-state index is 12.7. The van der Waals surface area contributed by atoms with Crippen LogP contribution in [0.15, 0.2) is 42.6 Å². The van der Waals surface area contributed by atoms with Gasteiger partial charge in [-0.1, -0.05) is 26.0 Å². The van der Waals surface area contributed by atoms with E-state index in [1.54, 1.807) is 0 Å². The lowest BCUT2D eigenvalue weighted by molar-refractivity contribution is -0.137. The minimum atomic E-state index is -4.39. The van der Waals surface area contributed by atoms with E-state index in [9.17, 15) is 18.0 Å². The predicted octanol–water partition coefficient (Wildman–Crippen LogP) is 5.47. The largest absolute Gasteiger partial charge is 0.417 e. The van der Waals surface area contributed by atoms with Gasteiger partial charge in [0.2, 0.25) is 5.91 Å². The fourth-order valence-electron chi connectivity index (χ4n) is 3.49. The molecule has 1 fully saturated rings. The van der Waals surface area contributed by atoms with E-state index in [4.69, 9.17) is 0 Å². The quantitative estimate of drug-likeness (QED) is 0.718. The van der Waals surface area contributed by atoms with Crippen LogP contribution >= 0.6 is 0 Å². The fraction of sp³-hybridized carbons (Fsp3) is 0.455. The molecular formula is C22H26F3N3O. The minimum Gasteiger partial charge on any atom is -0.357 e. The van der Waals surface area contributed by atoms with Crippen LogP contribution in [-0.2, 0) is 11.0 Å². The number of carbonyl (C=O) groups excluding carboxylic acids is 1. The van der Waals surface area contributed by atoms with Crippen LogP contribution in [0, 0.1) is 5.92 Å². The Morgan fingerprint density at radius 2 is 1.83 bits per heavy atom. The molecule has 0 aliphatic carbocycles. The molecule has 1 aliphatic heterocycles. The highest BCUT2D eigenvalue weighted by Gasteiger charge is 2.31. The summed E-state index contributed by atoms with van der Waals surface area (Å²) in [6.07, 6.45) is -1.18. The second kappa shape index (κ2) is 8.84. The van der Waals surface area contributed by atoms with Crippen LogP contribution in [0.4, 0.5) is 24.7 Å². The monoisotopic (exact) mass is 405 g/mol. The Bertz CT molecular complexity index is 811. The molecule has 1 atom stereocenters. The molecule has 1 amide bonds. The first kappa shape index (κ1) is 21.1. The van der Waals surface area contributed by atoms with E-state index in [0.29, 0.717) is 37.7 Å². The van der Waals surface area contributed by atoms with Crippen LogP contribution in [-0.4, -0.2) is 24.0 Å². The normalized spacial score (nSPS) is 16.5. The highest BCUT2D eigenvalue weighted by molar-refractivity contribution is 5.92. The van der Waals surface area contributed by atoms with Gasteiger partial charge >= 0.3 is 6.18 Å². The second-order valence-electron chi connectivity index (χ2n) is 7.58. The van der Waals surface area contributed by atoms with Gasteiger partial charge in [-0.3, -0.25) is 4.79 Å². The van der Waals surface area contributed by atoms with Crippen LogP contribution in [0.2, 0.25) is 0 Å². The van der Waals surface area contributed by atoms with Crippen molar-refractivity contribution < 1.29 is 18.0 Å². The Balaban J connectivity index is 1.53. The van der Waals surface area contributed by atoms with Crippen LogP contribution in [0.1, 0.15) is 50.2 Å². The molecule has 2 heterocycles. The molecule has 0 radical (unpaired) electrons. The van der Waals surface area contributed by atoms with Gasteiger partial charge in [0.05, 0.1) is 5.56 Å². The molecular weight excluding hydrogens is 379 g/mol. The number of carbonyl (C=O) groups is 1. The van der Waals surface area contributed by atoms with Gasteiger partial charge < -0.3 is 10.2 Å². The van der Waals surface area contributed by atoms with E-state index in [0.717, 1.165) is 24.4 Å². The summed E-state index contributed by atoms with van der Waals surface area (Å²) in [6, 6.07) is 10.4. The van der Waals surface area contributed by atoms with Crippen molar-refractivity contribution in [3.05, 3.63) is 53.7 Å². The van der Waals surface area contributed by atoms with Crippen molar-refractivity contribution in [2.75, 3.05) is 23.3 Å². The average Bonchev–Trinajstić information content (AvgIpc) is 2.73. The molecule has 7 heteroatoms. The number of nitrogens with one attached hydrogen (secondary N) is 1. The van der Waals surface area contributed by atoms with Crippen molar-refractivity contribution in [2.24, 2.45) is 5.92 Å². The topological polar surface area (TPSA) is 45.2 Å². The summed E-state index contributed by atoms with van der Waals surface area (Å²) in [7, 11) is 0. The summed E-state index contributed by atoms with van der Waals surface area (Å²) >= 11 is 0. The van der Waals surface area contributed by atoms with Gasteiger partial charge in [-0.05, 0) is 55.0 Å². The number of piperidine rings is 1. The van der Waals surface area contributed by atoms with Gasteiger partial charge in [0.25, 0.3) is 0 Å². The molecule has 3 rings (SSSR count). The number of alkyl halides is 3. The highest BCUT2D eigenvalue weighted by atomic mass is 19.4. The lowest BCUT2D eigenvalue weighted by Crippen LogP contribution is -2.38. The minimum absolute atomic E-state index is 0.0127. The number of pyridine rings is 1. The summed E-state index contributed by atoms with van der Waals surface area (Å²) in [5, 5.41) is 2.98. The lowest BCUT2D eigenvalue weighted by Gasteiger charge is -2.32. The third kappa shape index (κ3) is 5.28. The molecule has 4 nitrogen and oxygen atoms in total. The molecule has 1 saturated heterocycles. The molecule has 29 heavy (non-hydrogen) atoms. The van der Waals surface area contributed by atoms with E-state index in [1.165, 1.54) is 11.6 Å². The molecule has 1 N–H and O–H groups in total. The van der Waals surface area contributed by atoms with Crippen LogP contribution in [0.3, 0.4) is 0 Å². The van der Waals surface area contributed by atoms with E-state index < -0.39 is 11.7 Å². The van der Waals surface area contributed by atoms with Gasteiger partial charge in [0.15, 0.2) is 0 Å². The van der Waals surface area contributed by atoms with E-state index >= 15 is 0 Å². The van der Waals surface area contributed by atoms with Gasteiger partial charge in [0, 0.05) is 30.9 Å². The van der Waals surface area contributed by atoms with Crippen LogP contribution in [0.5, 0.6) is 0 Å². The molecule has 1 aliphatic rings. The van der Waals surface area contributed by atoms with Gasteiger partial charge in [-0.25, -0.2) is 4.98 Å². The first-order chi connectivity index (χ1) is 13.8. The van der Waals surface area contributed by atoms with Crippen molar-refractivity contribution >= 4 is 17.4 Å². The number of halogens is 3. The van der Waals surface area contributed by atoms with Gasteiger partial charge in [-0.2, -0.15) is 13.2 Å². The Morgan fingerprint density at radius 1 is 1.17 bits per heavy atom. The first-order valence-corrected chi connectivity index (χ1v) is 9.97. The molecule has 0 bridgehead atoms. The second-order valence-corrected chi connectivity index (χ2v) is 7.58. The number of amides is 1. The zero-order chi connectivity index (χ0) is 21.0. The molecule has 0 saturated carbocycles. The molecule has 0 unspecified atom stereocenters. The summed E-state index contributed by atoms with van der Waals surface area (Å²) in [5.41, 5.74) is 1.28. The van der Waals surface area contributed by atoms with Crippen molar-refractivity contribution in [1.29, 1.82) is 0 Å². The molecule has 1 aromatic carbocycles. The molecule has 2 aromatic rings. The van der Waals surface area contributed by atoms with E-state index in [-0.39, 0.29) is 11.8 Å².